The molecule has 0 aromatic heterocycles. The van der Waals surface area contributed by atoms with Crippen LogP contribution in [0.4, 0.5) is 0 Å². The minimum atomic E-state index is -0.282. The fourth-order valence-corrected chi connectivity index (χ4v) is 4.19. The zero-order valence-electron chi connectivity index (χ0n) is 17.0. The third kappa shape index (κ3) is 4.51. The number of methoxy groups -OCH3 is 2. The molecule has 0 aliphatic carbocycles. The van der Waals surface area contributed by atoms with Crippen LogP contribution >= 0.6 is 27.5 Å². The van der Waals surface area contributed by atoms with E-state index in [9.17, 15) is 5.11 Å². The quantitative estimate of drug-likeness (QED) is 0.412. The van der Waals surface area contributed by atoms with E-state index in [0.717, 1.165) is 27.0 Å². The van der Waals surface area contributed by atoms with Crippen LogP contribution in [0.2, 0.25) is 5.02 Å². The van der Waals surface area contributed by atoms with E-state index < -0.39 is 0 Å². The lowest BCUT2D eigenvalue weighted by molar-refractivity contribution is 0.359. The lowest BCUT2D eigenvalue weighted by Crippen LogP contribution is -2.39. The maximum absolute atomic E-state index is 10.8. The molecule has 5 nitrogen and oxygen atoms in total. The molecule has 0 saturated heterocycles. The minimum absolute atomic E-state index is 0.107. The van der Waals surface area contributed by atoms with Crippen LogP contribution in [0, 0.1) is 0 Å². The van der Waals surface area contributed by atoms with E-state index in [1.807, 2.05) is 60.7 Å². The van der Waals surface area contributed by atoms with Crippen LogP contribution in [0.25, 0.3) is 5.70 Å². The molecule has 0 fully saturated rings. The molecule has 0 saturated carbocycles. The molecule has 7 heteroatoms. The number of benzene rings is 3. The van der Waals surface area contributed by atoms with Crippen LogP contribution in [-0.4, -0.2) is 19.3 Å². The number of phenolic OH excluding ortho intramolecular Hbond substituents is 1. The number of aromatic hydroxyl groups is 1. The Morgan fingerprint density at radius 1 is 0.935 bits per heavy atom. The van der Waals surface area contributed by atoms with E-state index in [-0.39, 0.29) is 18.0 Å². The predicted molar refractivity (Wildman–Crippen MR) is 127 cm³/mol. The van der Waals surface area contributed by atoms with Crippen molar-refractivity contribution in [3.8, 4) is 17.2 Å². The maximum Gasteiger partial charge on any atom is 0.162 e. The van der Waals surface area contributed by atoms with Crippen molar-refractivity contribution in [2.24, 2.45) is 0 Å². The van der Waals surface area contributed by atoms with Gasteiger partial charge in [-0.05, 0) is 48.0 Å². The van der Waals surface area contributed by atoms with Gasteiger partial charge in [0.25, 0.3) is 0 Å². The van der Waals surface area contributed by atoms with Gasteiger partial charge in [0.2, 0.25) is 0 Å². The Morgan fingerprint density at radius 2 is 1.68 bits per heavy atom. The molecule has 0 bridgehead atoms. The van der Waals surface area contributed by atoms with Gasteiger partial charge in [-0.1, -0.05) is 51.8 Å². The molecule has 0 amide bonds. The summed E-state index contributed by atoms with van der Waals surface area (Å²) in [5, 5.41) is 18.6. The van der Waals surface area contributed by atoms with Gasteiger partial charge in [0.1, 0.15) is 11.9 Å². The van der Waals surface area contributed by atoms with E-state index in [2.05, 4.69) is 26.6 Å². The summed E-state index contributed by atoms with van der Waals surface area (Å²) < 4.78 is 11.9. The zero-order chi connectivity index (χ0) is 22.0. The number of phenols is 1. The van der Waals surface area contributed by atoms with Crippen molar-refractivity contribution in [3.63, 3.8) is 0 Å². The summed E-state index contributed by atoms with van der Waals surface area (Å²) in [6.07, 6.45) is 1.76. The Balaban J connectivity index is 1.81. The SMILES string of the molecule is COc1ccc(Br)cc1C1NC(c2ccc(Cl)cc2)=CC(c2cccc(OC)c2O)N1. The molecule has 1 heterocycles. The predicted octanol–water partition coefficient (Wildman–Crippen LogP) is 5.80. The first kappa shape index (κ1) is 21.6. The number of hydrogen-bond donors (Lipinski definition) is 3. The second-order valence-corrected chi connectivity index (χ2v) is 8.45. The highest BCUT2D eigenvalue weighted by molar-refractivity contribution is 9.10. The first-order valence-electron chi connectivity index (χ1n) is 9.70. The molecule has 0 radical (unpaired) electrons. The Labute approximate surface area is 194 Å². The first-order chi connectivity index (χ1) is 15.0. The normalized spacial score (nSPS) is 18.1. The number of ether oxygens (including phenoxy) is 2. The Bertz CT molecular complexity index is 1120. The molecule has 2 atom stereocenters. The number of para-hydroxylation sites is 1. The van der Waals surface area contributed by atoms with Gasteiger partial charge in [0.15, 0.2) is 11.5 Å². The van der Waals surface area contributed by atoms with Crippen LogP contribution < -0.4 is 20.1 Å². The van der Waals surface area contributed by atoms with Crippen molar-refractivity contribution in [2.45, 2.75) is 12.2 Å². The number of hydrogen-bond acceptors (Lipinski definition) is 5. The van der Waals surface area contributed by atoms with E-state index >= 15 is 0 Å². The molecule has 1 aliphatic heterocycles. The van der Waals surface area contributed by atoms with E-state index in [1.54, 1.807) is 20.3 Å². The molecule has 31 heavy (non-hydrogen) atoms. The zero-order valence-corrected chi connectivity index (χ0v) is 19.4. The van der Waals surface area contributed by atoms with Gasteiger partial charge in [0.05, 0.1) is 20.3 Å². The molecule has 2 unspecified atom stereocenters. The average Bonchev–Trinajstić information content (AvgIpc) is 2.79. The average molecular weight is 502 g/mol. The fraction of sp³-hybridized carbons (Fsp3) is 0.167. The lowest BCUT2D eigenvalue weighted by Gasteiger charge is -2.34. The van der Waals surface area contributed by atoms with Crippen molar-refractivity contribution >= 4 is 33.2 Å². The van der Waals surface area contributed by atoms with Gasteiger partial charge < -0.3 is 19.9 Å². The van der Waals surface area contributed by atoms with Crippen LogP contribution in [0.5, 0.6) is 17.2 Å². The second kappa shape index (κ2) is 9.22. The third-order valence-electron chi connectivity index (χ3n) is 5.22. The number of nitrogens with one attached hydrogen (secondary N) is 2. The molecule has 1 aliphatic rings. The molecule has 0 spiro atoms. The maximum atomic E-state index is 10.8. The highest BCUT2D eigenvalue weighted by Gasteiger charge is 2.28. The van der Waals surface area contributed by atoms with Gasteiger partial charge in [-0.25, -0.2) is 0 Å². The van der Waals surface area contributed by atoms with Gasteiger partial charge in [0, 0.05) is 26.3 Å². The smallest absolute Gasteiger partial charge is 0.162 e. The Kier molecular flexibility index (Phi) is 6.41. The van der Waals surface area contributed by atoms with Crippen molar-refractivity contribution in [2.75, 3.05) is 14.2 Å². The van der Waals surface area contributed by atoms with Gasteiger partial charge in [-0.15, -0.1) is 0 Å². The van der Waals surface area contributed by atoms with Crippen molar-refractivity contribution in [3.05, 3.63) is 92.9 Å². The highest BCUT2D eigenvalue weighted by atomic mass is 79.9. The van der Waals surface area contributed by atoms with Gasteiger partial charge >= 0.3 is 0 Å². The molecule has 4 rings (SSSR count). The fourth-order valence-electron chi connectivity index (χ4n) is 3.68. The summed E-state index contributed by atoms with van der Waals surface area (Å²) in [6.45, 7) is 0. The molecule has 3 N–H and O–H groups in total. The summed E-state index contributed by atoms with van der Waals surface area (Å²) in [6, 6.07) is 18.7. The lowest BCUT2D eigenvalue weighted by atomic mass is 9.97. The number of halogens is 2. The van der Waals surface area contributed by atoms with E-state index in [0.29, 0.717) is 16.3 Å². The second-order valence-electron chi connectivity index (χ2n) is 7.09. The summed E-state index contributed by atoms with van der Waals surface area (Å²) >= 11 is 9.64. The molecular weight excluding hydrogens is 480 g/mol. The molecule has 3 aromatic rings. The summed E-state index contributed by atoms with van der Waals surface area (Å²) in [7, 11) is 3.19. The topological polar surface area (TPSA) is 62.8 Å². The van der Waals surface area contributed by atoms with Crippen LogP contribution in [-0.2, 0) is 0 Å². The minimum Gasteiger partial charge on any atom is -0.504 e. The summed E-state index contributed by atoms with van der Waals surface area (Å²) in [4.78, 5) is 0. The van der Waals surface area contributed by atoms with Crippen molar-refractivity contribution < 1.29 is 14.6 Å². The van der Waals surface area contributed by atoms with Crippen molar-refractivity contribution in [1.29, 1.82) is 0 Å². The van der Waals surface area contributed by atoms with E-state index in [4.69, 9.17) is 21.1 Å². The van der Waals surface area contributed by atoms with Gasteiger partial charge in [-0.2, -0.15) is 0 Å². The molecule has 160 valence electrons. The monoisotopic (exact) mass is 500 g/mol. The van der Waals surface area contributed by atoms with Crippen molar-refractivity contribution in [1.82, 2.24) is 10.6 Å². The molecular formula is C24H22BrClN2O3. The van der Waals surface area contributed by atoms with Gasteiger partial charge in [-0.3, -0.25) is 5.32 Å². The Hall–Kier alpha value is -2.67. The standard InChI is InChI=1S/C24H22BrClN2O3/c1-30-21-11-8-15(25)12-18(21)24-27-19(14-6-9-16(26)10-7-14)13-20(28-24)17-4-3-5-22(31-2)23(17)29/h3-13,20,24,27-29H,1-2H3. The Morgan fingerprint density at radius 3 is 2.39 bits per heavy atom. The highest BCUT2D eigenvalue weighted by Crippen LogP contribution is 2.39. The van der Waals surface area contributed by atoms with E-state index in [1.165, 1.54) is 0 Å². The van der Waals surface area contributed by atoms with Crippen LogP contribution in [0.1, 0.15) is 28.9 Å². The van der Waals surface area contributed by atoms with Crippen LogP contribution in [0.15, 0.2) is 71.2 Å². The summed E-state index contributed by atoms with van der Waals surface area (Å²) in [5.74, 6) is 1.28. The largest absolute Gasteiger partial charge is 0.504 e. The third-order valence-corrected chi connectivity index (χ3v) is 5.97. The van der Waals surface area contributed by atoms with Crippen LogP contribution in [0.3, 0.4) is 0 Å². The number of rotatable bonds is 5. The first-order valence-corrected chi connectivity index (χ1v) is 10.9. The molecule has 3 aromatic carbocycles. The summed E-state index contributed by atoms with van der Waals surface area (Å²) in [5.41, 5.74) is 3.54.